The molecule has 0 N–H and O–H groups in total. The Balaban J connectivity index is 1.99. The van der Waals surface area contributed by atoms with Crippen LogP contribution in [0.1, 0.15) is 42.9 Å². The SMILES string of the molecule is CCCN(Cc1nc2cc(F)ccc2n1CCC)C(=O)c1cc(F)ccc1F. The van der Waals surface area contributed by atoms with E-state index in [9.17, 15) is 18.0 Å². The molecule has 4 nitrogen and oxygen atoms in total. The van der Waals surface area contributed by atoms with Gasteiger partial charge in [-0.05, 0) is 43.2 Å². The Morgan fingerprint density at radius 1 is 1.04 bits per heavy atom. The van der Waals surface area contributed by atoms with Gasteiger partial charge in [0.2, 0.25) is 0 Å². The van der Waals surface area contributed by atoms with Crippen LogP contribution in [0.2, 0.25) is 0 Å². The topological polar surface area (TPSA) is 38.1 Å². The third-order valence-electron chi connectivity index (χ3n) is 4.51. The van der Waals surface area contributed by atoms with Crippen molar-refractivity contribution in [1.29, 1.82) is 0 Å². The number of carbonyl (C=O) groups excluding carboxylic acids is 1. The first kappa shape index (κ1) is 19.9. The monoisotopic (exact) mass is 389 g/mol. The van der Waals surface area contributed by atoms with E-state index in [0.717, 1.165) is 30.1 Å². The second kappa shape index (κ2) is 8.46. The lowest BCUT2D eigenvalue weighted by molar-refractivity contribution is 0.0732. The van der Waals surface area contributed by atoms with E-state index in [1.807, 2.05) is 18.4 Å². The predicted molar refractivity (Wildman–Crippen MR) is 101 cm³/mol. The van der Waals surface area contributed by atoms with Gasteiger partial charge in [0, 0.05) is 19.2 Å². The molecule has 3 rings (SSSR count). The lowest BCUT2D eigenvalue weighted by Gasteiger charge is -2.23. The number of imidazole rings is 1. The quantitative estimate of drug-likeness (QED) is 0.576. The Morgan fingerprint density at radius 3 is 2.46 bits per heavy atom. The van der Waals surface area contributed by atoms with Gasteiger partial charge in [0.05, 0.1) is 23.1 Å². The Kier molecular flexibility index (Phi) is 6.02. The third kappa shape index (κ3) is 4.03. The van der Waals surface area contributed by atoms with Gasteiger partial charge in [0.15, 0.2) is 0 Å². The van der Waals surface area contributed by atoms with E-state index in [1.54, 1.807) is 6.07 Å². The highest BCUT2D eigenvalue weighted by Gasteiger charge is 2.22. The van der Waals surface area contributed by atoms with Gasteiger partial charge in [-0.2, -0.15) is 0 Å². The zero-order chi connectivity index (χ0) is 20.3. The van der Waals surface area contributed by atoms with Crippen LogP contribution in [0.3, 0.4) is 0 Å². The first-order chi connectivity index (χ1) is 13.4. The van der Waals surface area contributed by atoms with Crippen LogP contribution < -0.4 is 0 Å². The maximum Gasteiger partial charge on any atom is 0.257 e. The van der Waals surface area contributed by atoms with Gasteiger partial charge in [0.1, 0.15) is 23.3 Å². The molecular formula is C21H22F3N3O. The highest BCUT2D eigenvalue weighted by atomic mass is 19.1. The van der Waals surface area contributed by atoms with Crippen molar-refractivity contribution in [2.24, 2.45) is 0 Å². The summed E-state index contributed by atoms with van der Waals surface area (Å²) in [4.78, 5) is 18.8. The van der Waals surface area contributed by atoms with Crippen LogP contribution in [0.25, 0.3) is 11.0 Å². The number of rotatable bonds is 7. The van der Waals surface area contributed by atoms with Gasteiger partial charge in [-0.3, -0.25) is 4.79 Å². The zero-order valence-corrected chi connectivity index (χ0v) is 15.9. The van der Waals surface area contributed by atoms with Crippen molar-refractivity contribution >= 4 is 16.9 Å². The molecule has 0 unspecified atom stereocenters. The van der Waals surface area contributed by atoms with E-state index in [1.165, 1.54) is 17.0 Å². The molecule has 1 heterocycles. The average molecular weight is 389 g/mol. The van der Waals surface area contributed by atoms with E-state index in [2.05, 4.69) is 4.98 Å². The largest absolute Gasteiger partial charge is 0.331 e. The molecule has 0 bridgehead atoms. The number of nitrogens with zero attached hydrogens (tertiary/aromatic N) is 3. The van der Waals surface area contributed by atoms with Crippen molar-refractivity contribution < 1.29 is 18.0 Å². The number of aryl methyl sites for hydroxylation is 1. The normalized spacial score (nSPS) is 11.2. The Labute approximate surface area is 161 Å². The van der Waals surface area contributed by atoms with Crippen molar-refractivity contribution in [3.05, 3.63) is 65.2 Å². The first-order valence-electron chi connectivity index (χ1n) is 9.33. The lowest BCUT2D eigenvalue weighted by atomic mass is 10.1. The smallest absolute Gasteiger partial charge is 0.257 e. The molecule has 0 radical (unpaired) electrons. The molecular weight excluding hydrogens is 367 g/mol. The molecule has 1 amide bonds. The van der Waals surface area contributed by atoms with Gasteiger partial charge in [0.25, 0.3) is 5.91 Å². The fourth-order valence-electron chi connectivity index (χ4n) is 3.27. The summed E-state index contributed by atoms with van der Waals surface area (Å²) in [5, 5.41) is 0. The van der Waals surface area contributed by atoms with Crippen LogP contribution in [0.4, 0.5) is 13.2 Å². The fraction of sp³-hybridized carbons (Fsp3) is 0.333. The van der Waals surface area contributed by atoms with E-state index >= 15 is 0 Å². The standard InChI is InChI=1S/C21H22F3N3O/c1-3-9-26(21(28)16-11-14(22)5-7-17(16)24)13-20-25-18-12-15(23)6-8-19(18)27(20)10-4-2/h5-8,11-12H,3-4,9-10,13H2,1-2H3. The Hall–Kier alpha value is -2.83. The van der Waals surface area contributed by atoms with Crippen LogP contribution in [0, 0.1) is 17.5 Å². The number of benzene rings is 2. The molecule has 0 saturated heterocycles. The molecule has 148 valence electrons. The van der Waals surface area contributed by atoms with Gasteiger partial charge in [-0.15, -0.1) is 0 Å². The first-order valence-corrected chi connectivity index (χ1v) is 9.33. The summed E-state index contributed by atoms with van der Waals surface area (Å²) in [7, 11) is 0. The molecule has 0 aliphatic rings. The lowest BCUT2D eigenvalue weighted by Crippen LogP contribution is -2.33. The third-order valence-corrected chi connectivity index (χ3v) is 4.51. The average Bonchev–Trinajstić information content (AvgIpc) is 2.99. The molecule has 28 heavy (non-hydrogen) atoms. The molecule has 0 aliphatic heterocycles. The van der Waals surface area contributed by atoms with Crippen LogP contribution in [0.5, 0.6) is 0 Å². The fourth-order valence-corrected chi connectivity index (χ4v) is 3.27. The number of hydrogen-bond acceptors (Lipinski definition) is 2. The molecule has 0 atom stereocenters. The second-order valence-corrected chi connectivity index (χ2v) is 6.66. The minimum absolute atomic E-state index is 0.124. The highest BCUT2D eigenvalue weighted by Crippen LogP contribution is 2.21. The maximum atomic E-state index is 14.1. The van der Waals surface area contributed by atoms with Gasteiger partial charge < -0.3 is 9.47 Å². The van der Waals surface area contributed by atoms with Crippen LogP contribution >= 0.6 is 0 Å². The maximum absolute atomic E-state index is 14.1. The molecule has 0 spiro atoms. The molecule has 1 aromatic heterocycles. The van der Waals surface area contributed by atoms with E-state index in [-0.39, 0.29) is 17.9 Å². The summed E-state index contributed by atoms with van der Waals surface area (Å²) >= 11 is 0. The van der Waals surface area contributed by atoms with Gasteiger partial charge in [-0.1, -0.05) is 13.8 Å². The van der Waals surface area contributed by atoms with Crippen molar-refractivity contribution in [2.45, 2.75) is 39.8 Å². The number of hydrogen-bond donors (Lipinski definition) is 0. The van der Waals surface area contributed by atoms with Gasteiger partial charge in [-0.25, -0.2) is 18.2 Å². The Bertz CT molecular complexity index is 1000. The number of carbonyl (C=O) groups is 1. The summed E-state index contributed by atoms with van der Waals surface area (Å²) in [5.74, 6) is -1.84. The summed E-state index contributed by atoms with van der Waals surface area (Å²) in [6.45, 7) is 5.04. The van der Waals surface area contributed by atoms with Crippen LogP contribution in [-0.2, 0) is 13.1 Å². The minimum atomic E-state index is -0.767. The van der Waals surface area contributed by atoms with Crippen molar-refractivity contribution in [3.63, 3.8) is 0 Å². The molecule has 0 fully saturated rings. The van der Waals surface area contributed by atoms with Crippen molar-refractivity contribution in [2.75, 3.05) is 6.54 Å². The van der Waals surface area contributed by atoms with Crippen molar-refractivity contribution in [1.82, 2.24) is 14.5 Å². The minimum Gasteiger partial charge on any atom is -0.331 e. The number of aromatic nitrogens is 2. The summed E-state index contributed by atoms with van der Waals surface area (Å²) in [6, 6.07) is 7.22. The number of amides is 1. The van der Waals surface area contributed by atoms with E-state index < -0.39 is 17.5 Å². The Morgan fingerprint density at radius 2 is 1.75 bits per heavy atom. The number of halogens is 3. The summed E-state index contributed by atoms with van der Waals surface area (Å²) in [6.07, 6.45) is 1.47. The van der Waals surface area contributed by atoms with Crippen LogP contribution in [-0.4, -0.2) is 26.9 Å². The molecule has 7 heteroatoms. The van der Waals surface area contributed by atoms with Crippen LogP contribution in [0.15, 0.2) is 36.4 Å². The van der Waals surface area contributed by atoms with Gasteiger partial charge >= 0.3 is 0 Å². The van der Waals surface area contributed by atoms with Crippen molar-refractivity contribution in [3.8, 4) is 0 Å². The molecule has 3 aromatic rings. The molecule has 0 saturated carbocycles. The molecule has 0 aliphatic carbocycles. The zero-order valence-electron chi connectivity index (χ0n) is 15.9. The molecule has 2 aromatic carbocycles. The number of fused-ring (bicyclic) bond motifs is 1. The predicted octanol–water partition coefficient (Wildman–Crippen LogP) is 4.92. The van der Waals surface area contributed by atoms with E-state index in [4.69, 9.17) is 0 Å². The van der Waals surface area contributed by atoms with E-state index in [0.29, 0.717) is 30.9 Å². The summed E-state index contributed by atoms with van der Waals surface area (Å²) in [5.41, 5.74) is 0.973. The second-order valence-electron chi connectivity index (χ2n) is 6.66. The highest BCUT2D eigenvalue weighted by molar-refractivity contribution is 5.94. The summed E-state index contributed by atoms with van der Waals surface area (Å²) < 4.78 is 43.2.